The first-order valence-electron chi connectivity index (χ1n) is 11.9. The fraction of sp³-hybridized carbons (Fsp3) is 0.0303. The maximum absolute atomic E-state index is 10.0. The zero-order chi connectivity index (χ0) is 24.3. The van der Waals surface area contributed by atoms with Gasteiger partial charge in [-0.25, -0.2) is 4.85 Å². The van der Waals surface area contributed by atoms with E-state index in [0.29, 0.717) is 11.3 Å². The number of anilines is 3. The molecule has 1 heterocycles. The van der Waals surface area contributed by atoms with Gasteiger partial charge in [-0.3, -0.25) is 0 Å². The van der Waals surface area contributed by atoms with E-state index >= 15 is 0 Å². The molecule has 0 N–H and O–H groups in total. The average molecular weight is 458 g/mol. The van der Waals surface area contributed by atoms with Gasteiger partial charge < -0.3 is 4.90 Å². The van der Waals surface area contributed by atoms with Crippen molar-refractivity contribution in [2.24, 2.45) is 0 Å². The molecule has 7 rings (SSSR count). The van der Waals surface area contributed by atoms with Crippen LogP contribution in [0.3, 0.4) is 0 Å². The zero-order valence-electron chi connectivity index (χ0n) is 19.3. The number of hydrogen-bond donors (Lipinski definition) is 0. The second-order valence-corrected chi connectivity index (χ2v) is 9.14. The van der Waals surface area contributed by atoms with E-state index in [1.807, 2.05) is 18.2 Å². The number of benzene rings is 5. The average Bonchev–Trinajstić information content (AvgIpc) is 3.24. The molecule has 5 aromatic rings. The van der Waals surface area contributed by atoms with Crippen molar-refractivity contribution in [1.82, 2.24) is 0 Å². The Morgan fingerprint density at radius 2 is 1.11 bits per heavy atom. The van der Waals surface area contributed by atoms with Crippen LogP contribution in [-0.2, 0) is 5.41 Å². The maximum atomic E-state index is 10.0. The lowest BCUT2D eigenvalue weighted by Crippen LogP contribution is -2.36. The van der Waals surface area contributed by atoms with Crippen LogP contribution in [0, 0.1) is 17.9 Å². The lowest BCUT2D eigenvalue weighted by Gasteiger charge is -2.45. The van der Waals surface area contributed by atoms with E-state index in [0.717, 1.165) is 17.1 Å². The molecule has 0 fully saturated rings. The summed E-state index contributed by atoms with van der Waals surface area (Å²) in [5.41, 5.74) is 10.7. The minimum atomic E-state index is -0.485. The molecule has 0 atom stereocenters. The van der Waals surface area contributed by atoms with Gasteiger partial charge in [-0.05, 0) is 51.6 Å². The minimum absolute atomic E-state index is 0.485. The predicted molar refractivity (Wildman–Crippen MR) is 143 cm³/mol. The van der Waals surface area contributed by atoms with E-state index in [9.17, 15) is 5.26 Å². The van der Waals surface area contributed by atoms with Gasteiger partial charge in [0.1, 0.15) is 6.07 Å². The molecule has 0 bridgehead atoms. The maximum Gasteiger partial charge on any atom is 0.189 e. The van der Waals surface area contributed by atoms with Crippen LogP contribution in [0.15, 0.2) is 115 Å². The van der Waals surface area contributed by atoms with Gasteiger partial charge in [0.25, 0.3) is 0 Å². The topological polar surface area (TPSA) is 31.4 Å². The van der Waals surface area contributed by atoms with Crippen LogP contribution < -0.4 is 4.90 Å². The molecule has 2 aliphatic rings. The largest absolute Gasteiger partial charge is 0.310 e. The summed E-state index contributed by atoms with van der Waals surface area (Å²) in [5, 5.41) is 10.0. The Hall–Kier alpha value is -5.12. The van der Waals surface area contributed by atoms with Crippen LogP contribution in [0.4, 0.5) is 22.7 Å². The quantitative estimate of drug-likeness (QED) is 0.232. The lowest BCUT2D eigenvalue weighted by atomic mass is 9.64. The van der Waals surface area contributed by atoms with Crippen molar-refractivity contribution in [2.45, 2.75) is 5.41 Å². The molecule has 0 radical (unpaired) electrons. The van der Waals surface area contributed by atoms with Gasteiger partial charge in [0, 0.05) is 0 Å². The van der Waals surface area contributed by atoms with E-state index in [1.165, 1.54) is 33.4 Å². The number of nitriles is 1. The van der Waals surface area contributed by atoms with Crippen molar-refractivity contribution < 1.29 is 0 Å². The van der Waals surface area contributed by atoms with E-state index < -0.39 is 5.41 Å². The third-order valence-electron chi connectivity index (χ3n) is 7.52. The molecule has 3 heteroatoms. The van der Waals surface area contributed by atoms with Gasteiger partial charge in [0.15, 0.2) is 5.69 Å². The molecular weight excluding hydrogens is 438 g/mol. The zero-order valence-corrected chi connectivity index (χ0v) is 19.3. The Morgan fingerprint density at radius 1 is 0.611 bits per heavy atom. The smallest absolute Gasteiger partial charge is 0.189 e. The number of hydrogen-bond acceptors (Lipinski definition) is 2. The first kappa shape index (κ1) is 20.3. The standard InChI is InChI=1S/C33H19N3/c1-35-23-19-18-22(21-34)32(20-23)36-30-16-8-6-14-28(30)33(29-15-7-9-17-31(29)36)26-12-4-2-10-24(26)25-11-3-5-13-27(25)33/h2-20H. The third-order valence-corrected chi connectivity index (χ3v) is 7.52. The molecule has 166 valence electrons. The summed E-state index contributed by atoms with van der Waals surface area (Å²) in [5.74, 6) is 0. The van der Waals surface area contributed by atoms with Gasteiger partial charge in [0.05, 0.1) is 34.6 Å². The van der Waals surface area contributed by atoms with E-state index in [1.54, 1.807) is 12.1 Å². The van der Waals surface area contributed by atoms with Crippen molar-refractivity contribution in [1.29, 1.82) is 5.26 Å². The van der Waals surface area contributed by atoms with Gasteiger partial charge in [0.2, 0.25) is 0 Å². The van der Waals surface area contributed by atoms with Crippen molar-refractivity contribution >= 4 is 22.7 Å². The molecule has 5 aromatic carbocycles. The summed E-state index contributed by atoms with van der Waals surface area (Å²) in [4.78, 5) is 5.82. The summed E-state index contributed by atoms with van der Waals surface area (Å²) in [6.07, 6.45) is 0. The summed E-state index contributed by atoms with van der Waals surface area (Å²) < 4.78 is 0. The Bertz CT molecular complexity index is 1690. The highest BCUT2D eigenvalue weighted by molar-refractivity contribution is 5.96. The van der Waals surface area contributed by atoms with Crippen LogP contribution in [0.1, 0.15) is 27.8 Å². The van der Waals surface area contributed by atoms with Crippen LogP contribution in [-0.4, -0.2) is 0 Å². The summed E-state index contributed by atoms with van der Waals surface area (Å²) >= 11 is 0. The fourth-order valence-corrected chi connectivity index (χ4v) is 6.19. The Balaban J connectivity index is 1.65. The van der Waals surface area contributed by atoms with Crippen molar-refractivity contribution in [3.8, 4) is 17.2 Å². The van der Waals surface area contributed by atoms with Gasteiger partial charge >= 0.3 is 0 Å². The molecule has 0 unspecified atom stereocenters. The van der Waals surface area contributed by atoms with Crippen molar-refractivity contribution in [3.63, 3.8) is 0 Å². The Labute approximate surface area is 209 Å². The highest BCUT2D eigenvalue weighted by Crippen LogP contribution is 2.63. The molecule has 1 aliphatic heterocycles. The predicted octanol–water partition coefficient (Wildman–Crippen LogP) is 8.26. The molecule has 1 spiro atoms. The van der Waals surface area contributed by atoms with Crippen LogP contribution in [0.5, 0.6) is 0 Å². The molecule has 0 saturated heterocycles. The monoisotopic (exact) mass is 457 g/mol. The lowest BCUT2D eigenvalue weighted by molar-refractivity contribution is 0.752. The highest BCUT2D eigenvalue weighted by Gasteiger charge is 2.51. The third kappa shape index (κ3) is 2.44. The van der Waals surface area contributed by atoms with Gasteiger partial charge in [-0.1, -0.05) is 97.1 Å². The fourth-order valence-electron chi connectivity index (χ4n) is 6.19. The number of nitrogens with zero attached hydrogens (tertiary/aromatic N) is 3. The van der Waals surface area contributed by atoms with Crippen LogP contribution >= 0.6 is 0 Å². The molecule has 36 heavy (non-hydrogen) atoms. The van der Waals surface area contributed by atoms with Crippen molar-refractivity contribution in [2.75, 3.05) is 4.90 Å². The van der Waals surface area contributed by atoms with Gasteiger partial charge in [-0.2, -0.15) is 5.26 Å². The number of fused-ring (bicyclic) bond motifs is 9. The number of para-hydroxylation sites is 2. The molecule has 3 nitrogen and oxygen atoms in total. The summed E-state index contributed by atoms with van der Waals surface area (Å²) in [7, 11) is 0. The molecule has 0 saturated carbocycles. The Kier molecular flexibility index (Phi) is 4.19. The van der Waals surface area contributed by atoms with Gasteiger partial charge in [-0.15, -0.1) is 0 Å². The summed E-state index contributed by atoms with van der Waals surface area (Å²) in [6.45, 7) is 7.59. The SMILES string of the molecule is [C-]#[N+]c1ccc(C#N)c(N2c3ccccc3C3(c4ccccc4-c4ccccc43)c3ccccc32)c1. The van der Waals surface area contributed by atoms with E-state index in [-0.39, 0.29) is 0 Å². The van der Waals surface area contributed by atoms with E-state index in [4.69, 9.17) is 6.57 Å². The molecule has 0 aromatic heterocycles. The van der Waals surface area contributed by atoms with E-state index in [2.05, 4.69) is 101 Å². The van der Waals surface area contributed by atoms with Crippen molar-refractivity contribution in [3.05, 3.63) is 154 Å². The second kappa shape index (κ2) is 7.44. The minimum Gasteiger partial charge on any atom is -0.310 e. The Morgan fingerprint density at radius 3 is 1.64 bits per heavy atom. The van der Waals surface area contributed by atoms with Crippen LogP contribution in [0.25, 0.3) is 16.0 Å². The molecular formula is C33H19N3. The number of rotatable bonds is 1. The highest BCUT2D eigenvalue weighted by atomic mass is 15.2. The second-order valence-electron chi connectivity index (χ2n) is 9.14. The molecule has 1 aliphatic carbocycles. The summed E-state index contributed by atoms with van der Waals surface area (Å²) in [6, 6.07) is 42.0. The normalized spacial score (nSPS) is 13.7. The first-order valence-corrected chi connectivity index (χ1v) is 11.9. The van der Waals surface area contributed by atoms with Crippen LogP contribution in [0.2, 0.25) is 0 Å². The molecule has 0 amide bonds. The first-order chi connectivity index (χ1) is 17.8.